The van der Waals surface area contributed by atoms with E-state index in [1.165, 1.54) is 0 Å². The van der Waals surface area contributed by atoms with Crippen LogP contribution in [0.5, 0.6) is 0 Å². The third kappa shape index (κ3) is 4.39. The van der Waals surface area contributed by atoms with Gasteiger partial charge < -0.3 is 9.73 Å². The molecule has 1 heterocycles. The molecule has 3 nitrogen and oxygen atoms in total. The average molecular weight is 288 g/mol. The highest BCUT2D eigenvalue weighted by molar-refractivity contribution is 9.10. The average Bonchev–Trinajstić information content (AvgIpc) is 2.65. The SMILES string of the molecule is CC(CCc1ccco1)NC(=O)C(C)(C)Br. The van der Waals surface area contributed by atoms with Crippen LogP contribution in [0.15, 0.2) is 22.8 Å². The van der Waals surface area contributed by atoms with Gasteiger partial charge in [0.1, 0.15) is 5.76 Å². The summed E-state index contributed by atoms with van der Waals surface area (Å²) >= 11 is 3.33. The maximum absolute atomic E-state index is 11.7. The normalized spacial score (nSPS) is 13.5. The Morgan fingerprint density at radius 3 is 2.81 bits per heavy atom. The topological polar surface area (TPSA) is 42.2 Å². The van der Waals surface area contributed by atoms with E-state index in [1.807, 2.05) is 32.9 Å². The zero-order chi connectivity index (χ0) is 12.2. The van der Waals surface area contributed by atoms with Gasteiger partial charge in [0.15, 0.2) is 0 Å². The first-order valence-electron chi connectivity index (χ1n) is 5.42. The summed E-state index contributed by atoms with van der Waals surface area (Å²) in [5, 5.41) is 2.95. The van der Waals surface area contributed by atoms with E-state index in [4.69, 9.17) is 4.42 Å². The first-order chi connectivity index (χ1) is 7.39. The molecule has 1 amide bonds. The molecule has 0 aromatic carbocycles. The fourth-order valence-corrected chi connectivity index (χ4v) is 1.40. The van der Waals surface area contributed by atoms with Gasteiger partial charge >= 0.3 is 0 Å². The molecule has 0 bridgehead atoms. The molecule has 1 rings (SSSR count). The van der Waals surface area contributed by atoms with Crippen molar-refractivity contribution in [2.75, 3.05) is 0 Å². The summed E-state index contributed by atoms with van der Waals surface area (Å²) in [7, 11) is 0. The van der Waals surface area contributed by atoms with Crippen LogP contribution in [-0.4, -0.2) is 16.3 Å². The Morgan fingerprint density at radius 1 is 1.62 bits per heavy atom. The lowest BCUT2D eigenvalue weighted by Gasteiger charge is -2.20. The highest BCUT2D eigenvalue weighted by Crippen LogP contribution is 2.16. The largest absolute Gasteiger partial charge is 0.469 e. The Hall–Kier alpha value is -0.770. The van der Waals surface area contributed by atoms with E-state index >= 15 is 0 Å². The molecule has 0 saturated carbocycles. The van der Waals surface area contributed by atoms with Crippen molar-refractivity contribution in [3.63, 3.8) is 0 Å². The molecule has 1 unspecified atom stereocenters. The Balaban J connectivity index is 2.31. The molecule has 0 spiro atoms. The lowest BCUT2D eigenvalue weighted by Crippen LogP contribution is -2.42. The van der Waals surface area contributed by atoms with Crippen molar-refractivity contribution in [3.8, 4) is 0 Å². The molecule has 90 valence electrons. The van der Waals surface area contributed by atoms with Crippen molar-refractivity contribution in [1.29, 1.82) is 0 Å². The third-order valence-corrected chi connectivity index (χ3v) is 2.68. The second kappa shape index (κ2) is 5.53. The first-order valence-corrected chi connectivity index (χ1v) is 6.21. The minimum Gasteiger partial charge on any atom is -0.469 e. The fraction of sp³-hybridized carbons (Fsp3) is 0.583. The van der Waals surface area contributed by atoms with E-state index < -0.39 is 4.32 Å². The van der Waals surface area contributed by atoms with Gasteiger partial charge in [-0.2, -0.15) is 0 Å². The second-order valence-corrected chi connectivity index (χ2v) is 6.45. The summed E-state index contributed by atoms with van der Waals surface area (Å²) in [6.45, 7) is 5.67. The Kier molecular flexibility index (Phi) is 4.59. The van der Waals surface area contributed by atoms with Crippen molar-refractivity contribution in [2.24, 2.45) is 0 Å². The summed E-state index contributed by atoms with van der Waals surface area (Å²) in [5.41, 5.74) is 0. The molecule has 1 N–H and O–H groups in total. The van der Waals surface area contributed by atoms with Crippen molar-refractivity contribution in [1.82, 2.24) is 5.32 Å². The van der Waals surface area contributed by atoms with Crippen LogP contribution < -0.4 is 5.32 Å². The number of halogens is 1. The molecule has 0 aliphatic rings. The van der Waals surface area contributed by atoms with Crippen LogP contribution >= 0.6 is 15.9 Å². The predicted octanol–water partition coefficient (Wildman–Crippen LogP) is 2.89. The molecule has 1 aromatic rings. The molecular weight excluding hydrogens is 270 g/mol. The maximum atomic E-state index is 11.7. The second-order valence-electron chi connectivity index (χ2n) is 4.47. The lowest BCUT2D eigenvalue weighted by atomic mass is 10.1. The quantitative estimate of drug-likeness (QED) is 0.846. The minimum absolute atomic E-state index is 0.0134. The van der Waals surface area contributed by atoms with E-state index in [-0.39, 0.29) is 11.9 Å². The van der Waals surface area contributed by atoms with E-state index in [2.05, 4.69) is 21.2 Å². The van der Waals surface area contributed by atoms with Gasteiger partial charge in [-0.1, -0.05) is 15.9 Å². The van der Waals surface area contributed by atoms with Crippen LogP contribution in [-0.2, 0) is 11.2 Å². The number of carbonyl (C=O) groups excluding carboxylic acids is 1. The van der Waals surface area contributed by atoms with Gasteiger partial charge in [0, 0.05) is 12.5 Å². The van der Waals surface area contributed by atoms with Crippen molar-refractivity contribution in [3.05, 3.63) is 24.2 Å². The summed E-state index contributed by atoms with van der Waals surface area (Å²) in [6.07, 6.45) is 3.39. The van der Waals surface area contributed by atoms with Gasteiger partial charge in [0.05, 0.1) is 10.6 Å². The zero-order valence-corrected chi connectivity index (χ0v) is 11.5. The summed E-state index contributed by atoms with van der Waals surface area (Å²) in [4.78, 5) is 11.7. The zero-order valence-electron chi connectivity index (χ0n) is 9.92. The number of aryl methyl sites for hydroxylation is 1. The number of alkyl halides is 1. The number of hydrogen-bond acceptors (Lipinski definition) is 2. The van der Waals surface area contributed by atoms with Crippen LogP contribution in [0.2, 0.25) is 0 Å². The molecule has 0 saturated heterocycles. The minimum atomic E-state index is -0.508. The Bertz CT molecular complexity index is 327. The number of nitrogens with one attached hydrogen (secondary N) is 1. The van der Waals surface area contributed by atoms with E-state index in [0.717, 1.165) is 18.6 Å². The molecule has 4 heteroatoms. The molecule has 0 aliphatic heterocycles. The van der Waals surface area contributed by atoms with Gasteiger partial charge in [-0.15, -0.1) is 0 Å². The third-order valence-electron chi connectivity index (χ3n) is 2.32. The number of furan rings is 1. The van der Waals surface area contributed by atoms with Gasteiger partial charge in [-0.3, -0.25) is 4.79 Å². The summed E-state index contributed by atoms with van der Waals surface area (Å²) in [5.74, 6) is 0.971. The monoisotopic (exact) mass is 287 g/mol. The number of carbonyl (C=O) groups is 1. The van der Waals surface area contributed by atoms with Gasteiger partial charge in [-0.25, -0.2) is 0 Å². The van der Waals surface area contributed by atoms with Crippen LogP contribution in [0.1, 0.15) is 33.0 Å². The molecule has 1 atom stereocenters. The van der Waals surface area contributed by atoms with Crippen LogP contribution in [0.25, 0.3) is 0 Å². The highest BCUT2D eigenvalue weighted by Gasteiger charge is 2.24. The molecule has 0 aliphatic carbocycles. The van der Waals surface area contributed by atoms with E-state index in [9.17, 15) is 4.79 Å². The summed E-state index contributed by atoms with van der Waals surface area (Å²) < 4.78 is 4.73. The van der Waals surface area contributed by atoms with Gasteiger partial charge in [0.25, 0.3) is 0 Å². The number of rotatable bonds is 5. The van der Waals surface area contributed by atoms with E-state index in [1.54, 1.807) is 6.26 Å². The van der Waals surface area contributed by atoms with Crippen LogP contribution in [0.3, 0.4) is 0 Å². The van der Waals surface area contributed by atoms with Crippen LogP contribution in [0.4, 0.5) is 0 Å². The highest BCUT2D eigenvalue weighted by atomic mass is 79.9. The summed E-state index contributed by atoms with van der Waals surface area (Å²) in [6, 6.07) is 3.97. The molecule has 1 aromatic heterocycles. The maximum Gasteiger partial charge on any atom is 0.236 e. The number of hydrogen-bond donors (Lipinski definition) is 1. The van der Waals surface area contributed by atoms with Gasteiger partial charge in [-0.05, 0) is 39.3 Å². The van der Waals surface area contributed by atoms with E-state index in [0.29, 0.717) is 0 Å². The Morgan fingerprint density at radius 2 is 2.31 bits per heavy atom. The van der Waals surface area contributed by atoms with Gasteiger partial charge in [0.2, 0.25) is 5.91 Å². The molecule has 0 fully saturated rings. The predicted molar refractivity (Wildman–Crippen MR) is 67.6 cm³/mol. The van der Waals surface area contributed by atoms with Crippen molar-refractivity contribution < 1.29 is 9.21 Å². The number of amides is 1. The standard InChI is InChI=1S/C12H18BrNO2/c1-9(14-11(15)12(2,3)13)6-7-10-5-4-8-16-10/h4-5,8-9H,6-7H2,1-3H3,(H,14,15). The van der Waals surface area contributed by atoms with Crippen LogP contribution in [0, 0.1) is 0 Å². The molecule has 0 radical (unpaired) electrons. The fourth-order valence-electron chi connectivity index (χ4n) is 1.28. The molecule has 16 heavy (non-hydrogen) atoms. The van der Waals surface area contributed by atoms with Crippen molar-refractivity contribution >= 4 is 21.8 Å². The molecular formula is C12H18BrNO2. The first kappa shape index (κ1) is 13.3. The smallest absolute Gasteiger partial charge is 0.236 e. The Labute approximate surface area is 105 Å². The van der Waals surface area contributed by atoms with Crippen molar-refractivity contribution in [2.45, 2.75) is 44.0 Å². The lowest BCUT2D eigenvalue weighted by molar-refractivity contribution is -0.123.